The SMILES string of the molecule is Cc1cc(OC(CC(C)(C)C)c2ccc(C(=O)NC[C@@H](O)C(=O)O)cc2)cc(C)c1-c1ccc(C(F)(F)F)cc1.[HH]. The van der Waals surface area contributed by atoms with E-state index in [0.717, 1.165) is 34.4 Å². The van der Waals surface area contributed by atoms with Gasteiger partial charge in [-0.25, -0.2) is 4.79 Å². The highest BCUT2D eigenvalue weighted by atomic mass is 19.4. The van der Waals surface area contributed by atoms with E-state index in [2.05, 4.69) is 26.1 Å². The van der Waals surface area contributed by atoms with Gasteiger partial charge in [-0.15, -0.1) is 0 Å². The zero-order chi connectivity index (χ0) is 29.8. The van der Waals surface area contributed by atoms with Gasteiger partial charge in [-0.2, -0.15) is 13.2 Å². The predicted octanol–water partition coefficient (Wildman–Crippen LogP) is 6.97. The number of rotatable bonds is 9. The van der Waals surface area contributed by atoms with E-state index in [-0.39, 0.29) is 12.9 Å². The summed E-state index contributed by atoms with van der Waals surface area (Å²) < 4.78 is 45.4. The molecular weight excluding hydrogens is 523 g/mol. The van der Waals surface area contributed by atoms with Crippen LogP contribution in [0.15, 0.2) is 60.7 Å². The molecule has 9 heteroatoms. The van der Waals surface area contributed by atoms with Gasteiger partial charge in [-0.3, -0.25) is 4.79 Å². The molecular formula is C31H36F3NO5. The second kappa shape index (κ2) is 12.1. The maximum absolute atomic E-state index is 13.0. The molecule has 0 aliphatic rings. The number of amides is 1. The zero-order valence-electron chi connectivity index (χ0n) is 23.1. The van der Waals surface area contributed by atoms with Crippen LogP contribution in [0.2, 0.25) is 0 Å². The molecule has 0 saturated heterocycles. The molecule has 3 aromatic carbocycles. The van der Waals surface area contributed by atoms with Crippen molar-refractivity contribution in [3.63, 3.8) is 0 Å². The fraction of sp³-hybridized carbons (Fsp3) is 0.355. The molecule has 6 nitrogen and oxygen atoms in total. The number of ether oxygens (including phenoxy) is 1. The van der Waals surface area contributed by atoms with Gasteiger partial charge in [0.25, 0.3) is 5.91 Å². The Morgan fingerprint density at radius 2 is 1.50 bits per heavy atom. The van der Waals surface area contributed by atoms with E-state index in [1.54, 1.807) is 24.3 Å². The maximum atomic E-state index is 13.0. The molecule has 0 heterocycles. The van der Waals surface area contributed by atoms with Crippen LogP contribution in [0.4, 0.5) is 13.2 Å². The fourth-order valence-electron chi connectivity index (χ4n) is 4.45. The van der Waals surface area contributed by atoms with Crippen molar-refractivity contribution in [1.82, 2.24) is 5.32 Å². The average Bonchev–Trinajstić information content (AvgIpc) is 2.85. The molecule has 0 spiro atoms. The molecule has 0 aliphatic heterocycles. The molecule has 0 bridgehead atoms. The van der Waals surface area contributed by atoms with E-state index in [1.807, 2.05) is 26.0 Å². The van der Waals surface area contributed by atoms with Crippen molar-refractivity contribution in [3.05, 3.63) is 88.5 Å². The van der Waals surface area contributed by atoms with Crippen LogP contribution >= 0.6 is 0 Å². The van der Waals surface area contributed by atoms with Gasteiger partial charge in [-0.05, 0) is 89.9 Å². The lowest BCUT2D eigenvalue weighted by Crippen LogP contribution is -2.36. The van der Waals surface area contributed by atoms with Gasteiger partial charge in [-0.1, -0.05) is 45.0 Å². The maximum Gasteiger partial charge on any atom is 0.416 e. The zero-order valence-corrected chi connectivity index (χ0v) is 23.1. The average molecular weight is 560 g/mol. The summed E-state index contributed by atoms with van der Waals surface area (Å²) in [6.07, 6.45) is -5.79. The number of carbonyl (C=O) groups is 2. The molecule has 0 fully saturated rings. The number of carbonyl (C=O) groups excluding carboxylic acids is 1. The second-order valence-corrected chi connectivity index (χ2v) is 11.1. The number of hydrogen-bond donors (Lipinski definition) is 3. The summed E-state index contributed by atoms with van der Waals surface area (Å²) in [7, 11) is 0. The highest BCUT2D eigenvalue weighted by molar-refractivity contribution is 5.94. The van der Waals surface area contributed by atoms with Crippen LogP contribution in [0.3, 0.4) is 0 Å². The van der Waals surface area contributed by atoms with Crippen LogP contribution in [0, 0.1) is 19.3 Å². The van der Waals surface area contributed by atoms with Gasteiger partial charge in [0.05, 0.1) is 12.1 Å². The number of carboxylic acids is 1. The highest BCUT2D eigenvalue weighted by Gasteiger charge is 2.30. The van der Waals surface area contributed by atoms with Gasteiger partial charge in [0.1, 0.15) is 11.9 Å². The Morgan fingerprint density at radius 3 is 1.98 bits per heavy atom. The summed E-state index contributed by atoms with van der Waals surface area (Å²) in [5.74, 6) is -1.31. The minimum Gasteiger partial charge on any atom is -0.486 e. The van der Waals surface area contributed by atoms with Crippen molar-refractivity contribution in [2.45, 2.75) is 59.4 Å². The van der Waals surface area contributed by atoms with Crippen molar-refractivity contribution >= 4 is 11.9 Å². The lowest BCUT2D eigenvalue weighted by molar-refractivity contribution is -0.146. The molecule has 216 valence electrons. The van der Waals surface area contributed by atoms with Crippen molar-refractivity contribution in [2.75, 3.05) is 6.54 Å². The third-order valence-corrected chi connectivity index (χ3v) is 6.37. The Hall–Kier alpha value is -3.85. The largest absolute Gasteiger partial charge is 0.486 e. The quantitative estimate of drug-likeness (QED) is 0.263. The lowest BCUT2D eigenvalue weighted by atomic mass is 9.86. The summed E-state index contributed by atoms with van der Waals surface area (Å²) in [5.41, 5.74) is 3.60. The second-order valence-electron chi connectivity index (χ2n) is 11.1. The Bertz CT molecular complexity index is 1330. The van der Waals surface area contributed by atoms with Gasteiger partial charge < -0.3 is 20.3 Å². The number of hydrogen-bond acceptors (Lipinski definition) is 4. The number of halogens is 3. The first-order valence-electron chi connectivity index (χ1n) is 12.8. The Labute approximate surface area is 233 Å². The molecule has 0 saturated carbocycles. The molecule has 0 radical (unpaired) electrons. The Morgan fingerprint density at radius 1 is 0.950 bits per heavy atom. The molecule has 3 rings (SSSR count). The van der Waals surface area contributed by atoms with E-state index in [0.29, 0.717) is 23.3 Å². The smallest absolute Gasteiger partial charge is 0.416 e. The number of aliphatic hydroxyl groups excluding tert-OH is 1. The number of alkyl halides is 3. The molecule has 1 amide bonds. The topological polar surface area (TPSA) is 95.9 Å². The van der Waals surface area contributed by atoms with E-state index >= 15 is 0 Å². The summed E-state index contributed by atoms with van der Waals surface area (Å²) in [5, 5.41) is 20.5. The Balaban J connectivity index is 0.00000588. The minimum atomic E-state index is -4.40. The van der Waals surface area contributed by atoms with Crippen LogP contribution in [0.5, 0.6) is 5.75 Å². The van der Waals surface area contributed by atoms with Gasteiger partial charge in [0.15, 0.2) is 6.10 Å². The first-order valence-corrected chi connectivity index (χ1v) is 12.8. The van der Waals surface area contributed by atoms with Crippen LogP contribution in [-0.4, -0.2) is 34.7 Å². The van der Waals surface area contributed by atoms with Crippen LogP contribution in [-0.2, 0) is 11.0 Å². The van der Waals surface area contributed by atoms with E-state index in [4.69, 9.17) is 9.84 Å². The lowest BCUT2D eigenvalue weighted by Gasteiger charge is -2.28. The van der Waals surface area contributed by atoms with Crippen molar-refractivity contribution in [2.24, 2.45) is 5.41 Å². The molecule has 3 N–H and O–H groups in total. The molecule has 0 aromatic heterocycles. The molecule has 3 aromatic rings. The van der Waals surface area contributed by atoms with Crippen LogP contribution in [0.25, 0.3) is 11.1 Å². The normalized spacial score (nSPS) is 13.4. The third kappa shape index (κ3) is 8.08. The monoisotopic (exact) mass is 559 g/mol. The summed E-state index contributed by atoms with van der Waals surface area (Å²) in [4.78, 5) is 23.1. The van der Waals surface area contributed by atoms with Gasteiger partial charge >= 0.3 is 12.1 Å². The summed E-state index contributed by atoms with van der Waals surface area (Å²) >= 11 is 0. The number of benzene rings is 3. The first kappa shape index (κ1) is 30.7. The van der Waals surface area contributed by atoms with Gasteiger partial charge in [0, 0.05) is 6.99 Å². The number of nitrogens with one attached hydrogen (secondary N) is 1. The van der Waals surface area contributed by atoms with E-state index < -0.39 is 36.3 Å². The summed E-state index contributed by atoms with van der Waals surface area (Å²) in [6, 6.07) is 15.6. The van der Waals surface area contributed by atoms with E-state index in [9.17, 15) is 27.9 Å². The number of carboxylic acid groups (broad SMARTS) is 1. The van der Waals surface area contributed by atoms with Gasteiger partial charge in [0.2, 0.25) is 0 Å². The standard InChI is InChI=1S/C31H34F3NO5.H2/c1-18-14-24(15-19(2)27(18)21-10-12-23(13-11-21)31(32,33)34)40-26(16-30(3,4)5)20-6-8-22(9-7-20)28(37)35-17-25(36)29(38)39;/h6-15,25-26,36H,16-17H2,1-5H3,(H,35,37)(H,38,39);1H/t25-,26?;/m1./s1. The number of aryl methyl sites for hydroxylation is 2. The molecule has 1 unspecified atom stereocenters. The minimum absolute atomic E-state index is 0. The number of aliphatic hydroxyl groups is 1. The van der Waals surface area contributed by atoms with Crippen LogP contribution in [0.1, 0.15) is 67.3 Å². The van der Waals surface area contributed by atoms with Crippen molar-refractivity contribution < 1.29 is 39.1 Å². The predicted molar refractivity (Wildman–Crippen MR) is 148 cm³/mol. The number of aliphatic carboxylic acids is 1. The molecule has 0 aliphatic carbocycles. The summed E-state index contributed by atoms with van der Waals surface area (Å²) in [6.45, 7) is 9.63. The Kier molecular flexibility index (Phi) is 9.30. The molecule has 2 atom stereocenters. The molecule has 40 heavy (non-hydrogen) atoms. The fourth-order valence-corrected chi connectivity index (χ4v) is 4.45. The highest BCUT2D eigenvalue weighted by Crippen LogP contribution is 2.37. The van der Waals surface area contributed by atoms with Crippen LogP contribution < -0.4 is 10.1 Å². The van der Waals surface area contributed by atoms with Crippen molar-refractivity contribution in [3.8, 4) is 16.9 Å². The third-order valence-electron chi connectivity index (χ3n) is 6.37. The van der Waals surface area contributed by atoms with E-state index in [1.165, 1.54) is 12.1 Å². The first-order chi connectivity index (χ1) is 18.5. The van der Waals surface area contributed by atoms with Crippen molar-refractivity contribution in [1.29, 1.82) is 0 Å².